The van der Waals surface area contributed by atoms with E-state index in [1.165, 1.54) is 5.56 Å². The van der Waals surface area contributed by atoms with Crippen LogP contribution in [-0.4, -0.2) is 68.8 Å². The van der Waals surface area contributed by atoms with Gasteiger partial charge in [0.25, 0.3) is 5.91 Å². The Morgan fingerprint density at radius 2 is 1.95 bits per heavy atom. The Morgan fingerprint density at radius 1 is 1.23 bits per heavy atom. The molecule has 0 unspecified atom stereocenters. The Hall–Kier alpha value is -1.63. The largest absolute Gasteiger partial charge is 0.484 e. The zero-order valence-electron chi connectivity index (χ0n) is 13.2. The molecule has 6 nitrogen and oxygen atoms in total. The average molecular weight is 307 g/mol. The van der Waals surface area contributed by atoms with Crippen molar-refractivity contribution in [1.29, 1.82) is 0 Å². The Labute approximate surface area is 131 Å². The molecular weight excluding hydrogens is 282 g/mol. The monoisotopic (exact) mass is 307 g/mol. The van der Waals surface area contributed by atoms with Crippen molar-refractivity contribution in [3.05, 3.63) is 29.8 Å². The molecule has 1 heterocycles. The van der Waals surface area contributed by atoms with Gasteiger partial charge in [-0.3, -0.25) is 14.6 Å². The Bertz CT molecular complexity index is 473. The molecule has 0 radical (unpaired) electrons. The highest BCUT2D eigenvalue weighted by Gasteiger charge is 2.16. The highest BCUT2D eigenvalue weighted by Crippen LogP contribution is 2.15. The van der Waals surface area contributed by atoms with E-state index in [2.05, 4.69) is 15.9 Å². The molecule has 1 aromatic rings. The summed E-state index contributed by atoms with van der Waals surface area (Å²) in [5.41, 5.74) is 6.28. The smallest absolute Gasteiger partial charge is 0.255 e. The predicted octanol–water partition coefficient (Wildman–Crippen LogP) is 0.315. The molecule has 1 amide bonds. The van der Waals surface area contributed by atoms with Crippen LogP contribution >= 0.6 is 0 Å². The molecule has 1 fully saturated rings. The molecule has 0 spiro atoms. The van der Waals surface area contributed by atoms with Crippen molar-refractivity contribution in [2.24, 2.45) is 5.73 Å². The van der Waals surface area contributed by atoms with Crippen LogP contribution in [0.25, 0.3) is 0 Å². The van der Waals surface area contributed by atoms with Crippen LogP contribution < -0.4 is 10.5 Å². The van der Waals surface area contributed by atoms with Gasteiger partial charge in [-0.15, -0.1) is 0 Å². The van der Waals surface area contributed by atoms with E-state index in [9.17, 15) is 4.79 Å². The van der Waals surface area contributed by atoms with E-state index in [1.54, 1.807) is 7.11 Å². The number of nitrogens with two attached hydrogens (primary N) is 1. The first-order valence-electron chi connectivity index (χ1n) is 7.61. The number of benzene rings is 1. The molecule has 122 valence electrons. The zero-order valence-corrected chi connectivity index (χ0v) is 13.2. The SMILES string of the molecule is COCCN1CCN(Cc2cccc(OCC(N)=O)c2)CC1. The molecule has 6 heteroatoms. The number of nitrogens with zero attached hydrogens (tertiary/aromatic N) is 2. The van der Waals surface area contributed by atoms with E-state index < -0.39 is 5.91 Å². The third kappa shape index (κ3) is 5.63. The fourth-order valence-electron chi connectivity index (χ4n) is 2.54. The minimum atomic E-state index is -0.461. The third-order valence-corrected chi connectivity index (χ3v) is 3.76. The number of primary amides is 1. The number of rotatable bonds is 8. The second kappa shape index (κ2) is 8.73. The summed E-state index contributed by atoms with van der Waals surface area (Å²) in [7, 11) is 1.74. The quantitative estimate of drug-likeness (QED) is 0.749. The van der Waals surface area contributed by atoms with E-state index >= 15 is 0 Å². The van der Waals surface area contributed by atoms with Gasteiger partial charge in [0, 0.05) is 46.4 Å². The standard InChI is InChI=1S/C16H25N3O3/c1-21-10-9-18-5-7-19(8-6-18)12-14-3-2-4-15(11-14)22-13-16(17)20/h2-4,11H,5-10,12-13H2,1H3,(H2,17,20). The van der Waals surface area contributed by atoms with Gasteiger partial charge in [0.1, 0.15) is 5.75 Å². The number of piperazine rings is 1. The van der Waals surface area contributed by atoms with Gasteiger partial charge in [-0.2, -0.15) is 0 Å². The molecule has 0 saturated carbocycles. The van der Waals surface area contributed by atoms with E-state index in [0.29, 0.717) is 5.75 Å². The van der Waals surface area contributed by atoms with Crippen LogP contribution in [0.3, 0.4) is 0 Å². The molecule has 2 N–H and O–H groups in total. The van der Waals surface area contributed by atoms with Crippen LogP contribution in [-0.2, 0) is 16.1 Å². The maximum atomic E-state index is 10.8. The molecule has 0 atom stereocenters. The summed E-state index contributed by atoms with van der Waals surface area (Å²) < 4.78 is 10.5. The van der Waals surface area contributed by atoms with Gasteiger partial charge in [-0.05, 0) is 17.7 Å². The maximum Gasteiger partial charge on any atom is 0.255 e. The first kappa shape index (κ1) is 16.7. The number of carbonyl (C=O) groups is 1. The summed E-state index contributed by atoms with van der Waals surface area (Å²) in [5.74, 6) is 0.229. The lowest BCUT2D eigenvalue weighted by Crippen LogP contribution is -2.46. The number of amides is 1. The molecule has 22 heavy (non-hydrogen) atoms. The topological polar surface area (TPSA) is 68.0 Å². The van der Waals surface area contributed by atoms with Crippen molar-refractivity contribution in [1.82, 2.24) is 9.80 Å². The van der Waals surface area contributed by atoms with E-state index in [-0.39, 0.29) is 6.61 Å². The number of methoxy groups -OCH3 is 1. The first-order valence-corrected chi connectivity index (χ1v) is 7.61. The summed E-state index contributed by atoms with van der Waals surface area (Å²) >= 11 is 0. The second-order valence-corrected chi connectivity index (χ2v) is 5.51. The van der Waals surface area contributed by atoms with E-state index in [0.717, 1.165) is 45.9 Å². The molecule has 1 aliphatic rings. The van der Waals surface area contributed by atoms with Gasteiger partial charge in [0.15, 0.2) is 6.61 Å². The number of hydrogen-bond donors (Lipinski definition) is 1. The van der Waals surface area contributed by atoms with Crippen molar-refractivity contribution in [3.63, 3.8) is 0 Å². The molecule has 0 aliphatic carbocycles. The second-order valence-electron chi connectivity index (χ2n) is 5.51. The molecule has 0 aromatic heterocycles. The molecular formula is C16H25N3O3. The predicted molar refractivity (Wildman–Crippen MR) is 84.7 cm³/mol. The number of hydrogen-bond acceptors (Lipinski definition) is 5. The van der Waals surface area contributed by atoms with Crippen molar-refractivity contribution in [2.45, 2.75) is 6.54 Å². The lowest BCUT2D eigenvalue weighted by atomic mass is 10.2. The van der Waals surface area contributed by atoms with Crippen molar-refractivity contribution in [3.8, 4) is 5.75 Å². The summed E-state index contributed by atoms with van der Waals surface area (Å²) in [6, 6.07) is 7.84. The normalized spacial score (nSPS) is 16.6. The Balaban J connectivity index is 1.79. The van der Waals surface area contributed by atoms with Gasteiger partial charge in [0.2, 0.25) is 0 Å². The van der Waals surface area contributed by atoms with Gasteiger partial charge < -0.3 is 15.2 Å². The van der Waals surface area contributed by atoms with Crippen molar-refractivity contribution >= 4 is 5.91 Å². The molecule has 1 aliphatic heterocycles. The molecule has 2 rings (SSSR count). The van der Waals surface area contributed by atoms with Gasteiger partial charge in [0.05, 0.1) is 6.61 Å². The highest BCUT2D eigenvalue weighted by molar-refractivity contribution is 5.75. The molecule has 1 saturated heterocycles. The minimum absolute atomic E-state index is 0.0817. The van der Waals surface area contributed by atoms with Crippen molar-refractivity contribution in [2.75, 3.05) is 53.0 Å². The van der Waals surface area contributed by atoms with Crippen LogP contribution in [0.1, 0.15) is 5.56 Å². The van der Waals surface area contributed by atoms with Crippen molar-refractivity contribution < 1.29 is 14.3 Å². The van der Waals surface area contributed by atoms with E-state index in [1.807, 2.05) is 18.2 Å². The summed E-state index contributed by atoms with van der Waals surface area (Å²) in [6.07, 6.45) is 0. The van der Waals surface area contributed by atoms with Crippen LogP contribution in [0.15, 0.2) is 24.3 Å². The summed E-state index contributed by atoms with van der Waals surface area (Å²) in [5, 5.41) is 0. The van der Waals surface area contributed by atoms with E-state index in [4.69, 9.17) is 15.2 Å². The fraction of sp³-hybridized carbons (Fsp3) is 0.562. The van der Waals surface area contributed by atoms with Gasteiger partial charge in [-0.1, -0.05) is 12.1 Å². The first-order chi connectivity index (χ1) is 10.7. The van der Waals surface area contributed by atoms with Crippen LogP contribution in [0.2, 0.25) is 0 Å². The van der Waals surface area contributed by atoms with Crippen LogP contribution in [0.5, 0.6) is 5.75 Å². The zero-order chi connectivity index (χ0) is 15.8. The highest BCUT2D eigenvalue weighted by atomic mass is 16.5. The Morgan fingerprint density at radius 3 is 2.64 bits per heavy atom. The van der Waals surface area contributed by atoms with Gasteiger partial charge in [-0.25, -0.2) is 0 Å². The third-order valence-electron chi connectivity index (χ3n) is 3.76. The molecule has 1 aromatic carbocycles. The Kier molecular flexibility index (Phi) is 6.64. The van der Waals surface area contributed by atoms with Gasteiger partial charge >= 0.3 is 0 Å². The summed E-state index contributed by atoms with van der Waals surface area (Å²) in [4.78, 5) is 15.6. The van der Waals surface area contributed by atoms with Crippen LogP contribution in [0, 0.1) is 0 Å². The number of carbonyl (C=O) groups excluding carboxylic acids is 1. The minimum Gasteiger partial charge on any atom is -0.484 e. The fourth-order valence-corrected chi connectivity index (χ4v) is 2.54. The average Bonchev–Trinajstić information content (AvgIpc) is 2.53. The summed E-state index contributed by atoms with van der Waals surface area (Å²) in [6.45, 7) is 6.85. The lowest BCUT2D eigenvalue weighted by molar-refractivity contribution is -0.119. The number of ether oxygens (including phenoxy) is 2. The maximum absolute atomic E-state index is 10.8. The lowest BCUT2D eigenvalue weighted by Gasteiger charge is -2.34. The van der Waals surface area contributed by atoms with Crippen LogP contribution in [0.4, 0.5) is 0 Å². The molecule has 0 bridgehead atoms.